The molecule has 0 heterocycles. The smallest absolute Gasteiger partial charge is 0.203 e. The van der Waals surface area contributed by atoms with Gasteiger partial charge in [0, 0.05) is 16.6 Å². The van der Waals surface area contributed by atoms with Crippen LogP contribution in [0.3, 0.4) is 0 Å². The van der Waals surface area contributed by atoms with Crippen LogP contribution >= 0.6 is 15.9 Å². The molecule has 0 aliphatic heterocycles. The van der Waals surface area contributed by atoms with Crippen molar-refractivity contribution >= 4 is 33.5 Å². The first-order valence-corrected chi connectivity index (χ1v) is 6.42. The number of phenols is 1. The number of benzene rings is 2. The van der Waals surface area contributed by atoms with Gasteiger partial charge in [0.25, 0.3) is 0 Å². The summed E-state index contributed by atoms with van der Waals surface area (Å²) in [6.45, 7) is 2.00. The van der Waals surface area contributed by atoms with Crippen molar-refractivity contribution in [3.8, 4) is 5.75 Å². The summed E-state index contributed by atoms with van der Waals surface area (Å²) in [5.41, 5.74) is 2.53. The van der Waals surface area contributed by atoms with E-state index in [4.69, 9.17) is 0 Å². The predicted octanol–water partition coefficient (Wildman–Crippen LogP) is 2.69. The standard InChI is InChI=1S/C14H11BrN2O2/c1-9-3-2-4-12(5-9)16-8-10-6-11(15)7-13(17-19)14(10)18/h2-8,18H,1H3/p+1. The van der Waals surface area contributed by atoms with Crippen molar-refractivity contribution in [1.82, 2.24) is 0 Å². The van der Waals surface area contributed by atoms with Gasteiger partial charge in [0.1, 0.15) is 0 Å². The first kappa shape index (κ1) is 13.4. The molecule has 0 atom stereocenters. The SMILES string of the molecule is Cc1cccc([NH+]=Cc2cc(Br)cc(N=O)c2O)c1. The highest BCUT2D eigenvalue weighted by Crippen LogP contribution is 2.32. The highest BCUT2D eigenvalue weighted by Gasteiger charge is 2.10. The Morgan fingerprint density at radius 2 is 2.11 bits per heavy atom. The molecule has 0 aliphatic carbocycles. The van der Waals surface area contributed by atoms with Crippen molar-refractivity contribution in [3.05, 3.63) is 56.9 Å². The fraction of sp³-hybridized carbons (Fsp3) is 0.0714. The number of aromatic hydroxyl groups is 1. The van der Waals surface area contributed by atoms with E-state index in [2.05, 4.69) is 26.1 Å². The third-order valence-electron chi connectivity index (χ3n) is 2.59. The third-order valence-corrected chi connectivity index (χ3v) is 3.05. The van der Waals surface area contributed by atoms with Gasteiger partial charge in [0.2, 0.25) is 5.69 Å². The van der Waals surface area contributed by atoms with E-state index in [0.717, 1.165) is 11.3 Å². The summed E-state index contributed by atoms with van der Waals surface area (Å²) in [5.74, 6) is -0.140. The van der Waals surface area contributed by atoms with Crippen molar-refractivity contribution < 1.29 is 10.1 Å². The zero-order chi connectivity index (χ0) is 13.8. The van der Waals surface area contributed by atoms with Crippen LogP contribution in [0.5, 0.6) is 5.75 Å². The predicted molar refractivity (Wildman–Crippen MR) is 78.2 cm³/mol. The highest BCUT2D eigenvalue weighted by molar-refractivity contribution is 9.10. The van der Waals surface area contributed by atoms with E-state index >= 15 is 0 Å². The highest BCUT2D eigenvalue weighted by atomic mass is 79.9. The van der Waals surface area contributed by atoms with Crippen LogP contribution in [0.1, 0.15) is 11.1 Å². The number of aryl methyl sites for hydroxylation is 1. The maximum Gasteiger partial charge on any atom is 0.203 e. The van der Waals surface area contributed by atoms with Crippen LogP contribution in [0.2, 0.25) is 0 Å². The number of nitrogens with one attached hydrogen (secondary N) is 1. The molecule has 19 heavy (non-hydrogen) atoms. The van der Waals surface area contributed by atoms with Crippen molar-refractivity contribution in [2.75, 3.05) is 0 Å². The first-order chi connectivity index (χ1) is 9.10. The zero-order valence-electron chi connectivity index (χ0n) is 10.2. The quantitative estimate of drug-likeness (QED) is 0.675. The lowest BCUT2D eigenvalue weighted by Crippen LogP contribution is -2.61. The lowest BCUT2D eigenvalue weighted by Gasteiger charge is -1.99. The molecule has 0 spiro atoms. The maximum atomic E-state index is 10.6. The number of nitroso groups, excluding NO2 is 1. The van der Waals surface area contributed by atoms with Crippen molar-refractivity contribution in [1.29, 1.82) is 0 Å². The molecule has 0 amide bonds. The minimum atomic E-state index is -0.140. The molecular formula is C14H12BrN2O2+. The molecule has 0 unspecified atom stereocenters. The zero-order valence-corrected chi connectivity index (χ0v) is 11.8. The molecule has 2 rings (SSSR count). The summed E-state index contributed by atoms with van der Waals surface area (Å²) >= 11 is 3.27. The van der Waals surface area contributed by atoms with Gasteiger partial charge in [-0.25, -0.2) is 4.99 Å². The second-order valence-corrected chi connectivity index (χ2v) is 5.03. The van der Waals surface area contributed by atoms with Gasteiger partial charge in [-0.2, -0.15) is 0 Å². The molecule has 0 radical (unpaired) electrons. The lowest BCUT2D eigenvalue weighted by molar-refractivity contribution is -0.346. The molecule has 0 fully saturated rings. The second-order valence-electron chi connectivity index (χ2n) is 4.11. The number of phenolic OH excluding ortho intramolecular Hbond substituents is 1. The Labute approximate surface area is 118 Å². The summed E-state index contributed by atoms with van der Waals surface area (Å²) in [5, 5.41) is 12.6. The Balaban J connectivity index is 2.38. The number of hydrogen-bond acceptors (Lipinski definition) is 3. The Morgan fingerprint density at radius 3 is 2.79 bits per heavy atom. The Bertz CT molecular complexity index is 654. The Kier molecular flexibility index (Phi) is 4.06. The van der Waals surface area contributed by atoms with Crippen LogP contribution in [0.25, 0.3) is 0 Å². The van der Waals surface area contributed by atoms with Crippen LogP contribution in [0, 0.1) is 11.8 Å². The molecule has 2 aromatic rings. The fourth-order valence-electron chi connectivity index (χ4n) is 1.68. The minimum Gasteiger partial charge on any atom is -0.505 e. The van der Waals surface area contributed by atoms with Crippen molar-refractivity contribution in [3.63, 3.8) is 0 Å². The summed E-state index contributed by atoms with van der Waals surface area (Å²) in [4.78, 5) is 13.7. The number of hydrogen-bond donors (Lipinski definition) is 2. The summed E-state index contributed by atoms with van der Waals surface area (Å²) < 4.78 is 0.678. The normalized spacial score (nSPS) is 10.8. The van der Waals surface area contributed by atoms with Crippen LogP contribution in [-0.2, 0) is 0 Å². The van der Waals surface area contributed by atoms with Gasteiger partial charge in [0.15, 0.2) is 17.7 Å². The molecule has 0 aromatic heterocycles. The third kappa shape index (κ3) is 3.26. The summed E-state index contributed by atoms with van der Waals surface area (Å²) in [6.07, 6.45) is 1.63. The van der Waals surface area contributed by atoms with Gasteiger partial charge in [-0.05, 0) is 29.8 Å². The van der Waals surface area contributed by atoms with Gasteiger partial charge in [-0.15, -0.1) is 4.91 Å². The molecule has 0 saturated carbocycles. The van der Waals surface area contributed by atoms with Crippen LogP contribution in [0.4, 0.5) is 11.4 Å². The average molecular weight is 320 g/mol. The number of halogens is 1. The van der Waals surface area contributed by atoms with Gasteiger partial charge in [0.05, 0.1) is 5.56 Å². The van der Waals surface area contributed by atoms with Crippen molar-refractivity contribution in [2.45, 2.75) is 6.92 Å². The lowest BCUT2D eigenvalue weighted by atomic mass is 10.2. The number of nitrogens with zero attached hydrogens (tertiary/aromatic N) is 1. The van der Waals surface area contributed by atoms with Gasteiger partial charge >= 0.3 is 0 Å². The van der Waals surface area contributed by atoms with Crippen LogP contribution in [0.15, 0.2) is 46.0 Å². The van der Waals surface area contributed by atoms with Crippen LogP contribution in [-0.4, -0.2) is 11.3 Å². The van der Waals surface area contributed by atoms with Crippen LogP contribution < -0.4 is 4.99 Å². The molecule has 96 valence electrons. The molecular weight excluding hydrogens is 308 g/mol. The Hall–Kier alpha value is -2.01. The van der Waals surface area contributed by atoms with Crippen molar-refractivity contribution in [2.24, 2.45) is 5.18 Å². The van der Waals surface area contributed by atoms with E-state index in [1.807, 2.05) is 31.2 Å². The van der Waals surface area contributed by atoms with E-state index in [1.165, 1.54) is 6.07 Å². The van der Waals surface area contributed by atoms with Gasteiger partial charge in [-0.1, -0.05) is 28.1 Å². The number of rotatable bonds is 3. The summed E-state index contributed by atoms with van der Waals surface area (Å²) in [6, 6.07) is 11.0. The molecule has 5 heteroatoms. The van der Waals surface area contributed by atoms with E-state index in [9.17, 15) is 10.0 Å². The molecule has 4 nitrogen and oxygen atoms in total. The molecule has 0 saturated heterocycles. The molecule has 2 N–H and O–H groups in total. The molecule has 0 bridgehead atoms. The molecule has 0 aliphatic rings. The summed E-state index contributed by atoms with van der Waals surface area (Å²) in [7, 11) is 0. The van der Waals surface area contributed by atoms with Gasteiger partial charge < -0.3 is 5.11 Å². The largest absolute Gasteiger partial charge is 0.505 e. The minimum absolute atomic E-state index is 0.00617. The first-order valence-electron chi connectivity index (χ1n) is 5.62. The second kappa shape index (κ2) is 5.75. The van der Waals surface area contributed by atoms with Gasteiger partial charge in [-0.3, -0.25) is 0 Å². The Morgan fingerprint density at radius 1 is 1.32 bits per heavy atom. The van der Waals surface area contributed by atoms with E-state index in [-0.39, 0.29) is 11.4 Å². The van der Waals surface area contributed by atoms with E-state index in [1.54, 1.807) is 12.3 Å². The maximum absolute atomic E-state index is 10.6. The molecule has 2 aromatic carbocycles. The van der Waals surface area contributed by atoms with E-state index in [0.29, 0.717) is 10.0 Å². The van der Waals surface area contributed by atoms with E-state index < -0.39 is 0 Å². The fourth-order valence-corrected chi connectivity index (χ4v) is 2.14. The average Bonchev–Trinajstić information content (AvgIpc) is 2.39. The topological polar surface area (TPSA) is 63.6 Å². The monoisotopic (exact) mass is 319 g/mol.